The first-order valence-electron chi connectivity index (χ1n) is 7.29. The highest BCUT2D eigenvalue weighted by Gasteiger charge is 2.30. The minimum atomic E-state index is -3.71. The summed E-state index contributed by atoms with van der Waals surface area (Å²) in [5, 5.41) is 0. The van der Waals surface area contributed by atoms with Gasteiger partial charge in [0.1, 0.15) is 5.82 Å². The van der Waals surface area contributed by atoms with E-state index in [-0.39, 0.29) is 16.8 Å². The van der Waals surface area contributed by atoms with Gasteiger partial charge in [-0.05, 0) is 30.5 Å². The van der Waals surface area contributed by atoms with Gasteiger partial charge in [-0.1, -0.05) is 31.7 Å². The molecule has 0 N–H and O–H groups in total. The normalized spacial score (nSPS) is 17.9. The molecule has 1 saturated carbocycles. The van der Waals surface area contributed by atoms with E-state index in [1.807, 2.05) is 0 Å². The van der Waals surface area contributed by atoms with Crippen molar-refractivity contribution in [1.29, 1.82) is 0 Å². The Morgan fingerprint density at radius 2 is 1.86 bits per heavy atom. The Morgan fingerprint density at radius 1 is 1.24 bits per heavy atom. The molecule has 0 spiro atoms. The van der Waals surface area contributed by atoms with Crippen LogP contribution in [0.2, 0.25) is 0 Å². The van der Waals surface area contributed by atoms with Crippen LogP contribution in [0.1, 0.15) is 44.1 Å². The molecule has 2 rings (SSSR count). The van der Waals surface area contributed by atoms with Gasteiger partial charge in [-0.2, -0.15) is 4.31 Å². The van der Waals surface area contributed by atoms with E-state index < -0.39 is 15.8 Å². The van der Waals surface area contributed by atoms with Gasteiger partial charge in [0.2, 0.25) is 10.0 Å². The highest BCUT2D eigenvalue weighted by molar-refractivity contribution is 7.89. The molecule has 118 valence electrons. The van der Waals surface area contributed by atoms with Crippen LogP contribution < -0.4 is 0 Å². The molecule has 21 heavy (non-hydrogen) atoms. The van der Waals surface area contributed by atoms with Crippen molar-refractivity contribution in [3.8, 4) is 0 Å². The van der Waals surface area contributed by atoms with E-state index in [9.17, 15) is 12.8 Å². The molecule has 0 aromatic heterocycles. The van der Waals surface area contributed by atoms with Crippen LogP contribution in [-0.4, -0.2) is 25.8 Å². The number of alkyl halides is 1. The third-order valence-electron chi connectivity index (χ3n) is 4.17. The summed E-state index contributed by atoms with van der Waals surface area (Å²) in [6.07, 6.45) is 6.10. The third-order valence-corrected chi connectivity index (χ3v) is 6.45. The second-order valence-electron chi connectivity index (χ2n) is 5.55. The van der Waals surface area contributed by atoms with Crippen molar-refractivity contribution in [2.45, 2.75) is 55.3 Å². The van der Waals surface area contributed by atoms with Crippen LogP contribution in [-0.2, 0) is 15.9 Å². The Bertz CT molecular complexity index is 583. The van der Waals surface area contributed by atoms with Gasteiger partial charge in [0.25, 0.3) is 0 Å². The smallest absolute Gasteiger partial charge is 0.207 e. The van der Waals surface area contributed by atoms with Gasteiger partial charge >= 0.3 is 0 Å². The zero-order valence-corrected chi connectivity index (χ0v) is 13.8. The fourth-order valence-electron chi connectivity index (χ4n) is 2.85. The molecule has 1 aromatic rings. The minimum Gasteiger partial charge on any atom is -0.207 e. The molecular weight excluding hydrogens is 313 g/mol. The van der Waals surface area contributed by atoms with Crippen molar-refractivity contribution in [2.75, 3.05) is 7.05 Å². The number of hydrogen-bond acceptors (Lipinski definition) is 2. The summed E-state index contributed by atoms with van der Waals surface area (Å²) in [7, 11) is -2.12. The molecule has 1 aliphatic carbocycles. The predicted molar refractivity (Wildman–Crippen MR) is 82.4 cm³/mol. The molecule has 0 unspecified atom stereocenters. The van der Waals surface area contributed by atoms with Crippen LogP contribution in [0.4, 0.5) is 4.39 Å². The molecule has 0 aliphatic heterocycles. The Labute approximate surface area is 131 Å². The summed E-state index contributed by atoms with van der Waals surface area (Å²) in [6, 6.07) is 3.74. The Kier molecular flexibility index (Phi) is 5.63. The van der Waals surface area contributed by atoms with Gasteiger partial charge < -0.3 is 0 Å². The lowest BCUT2D eigenvalue weighted by Gasteiger charge is -2.27. The lowest BCUT2D eigenvalue weighted by Crippen LogP contribution is -2.37. The van der Waals surface area contributed by atoms with Crippen molar-refractivity contribution in [2.24, 2.45) is 0 Å². The minimum absolute atomic E-state index is 0.00996. The fourth-order valence-corrected chi connectivity index (χ4v) is 4.81. The van der Waals surface area contributed by atoms with Gasteiger partial charge in [0, 0.05) is 19.0 Å². The molecule has 1 aliphatic rings. The molecule has 0 saturated heterocycles. The van der Waals surface area contributed by atoms with E-state index in [2.05, 4.69) is 0 Å². The maximum absolute atomic E-state index is 13.5. The Balaban J connectivity index is 2.34. The summed E-state index contributed by atoms with van der Waals surface area (Å²) < 4.78 is 40.4. The van der Waals surface area contributed by atoms with E-state index in [1.54, 1.807) is 7.05 Å². The van der Waals surface area contributed by atoms with E-state index >= 15 is 0 Å². The Hall–Kier alpha value is -0.650. The average Bonchev–Trinajstić information content (AvgIpc) is 2.75. The SMILES string of the molecule is CN(C1CCCCCC1)S(=O)(=O)c1cc(F)ccc1CCl. The summed E-state index contributed by atoms with van der Waals surface area (Å²) in [6.45, 7) is 0. The standard InChI is InChI=1S/C15H21ClFNO2S/c1-18(14-6-4-2-3-5-7-14)21(19,20)15-10-13(17)9-8-12(15)11-16/h8-10,14H,2-7,11H2,1H3. The average molecular weight is 334 g/mol. The van der Waals surface area contributed by atoms with E-state index in [1.165, 1.54) is 16.4 Å². The van der Waals surface area contributed by atoms with Crippen molar-refractivity contribution >= 4 is 21.6 Å². The lowest BCUT2D eigenvalue weighted by atomic mass is 10.1. The van der Waals surface area contributed by atoms with Crippen LogP contribution in [0.15, 0.2) is 23.1 Å². The molecule has 0 bridgehead atoms. The van der Waals surface area contributed by atoms with Gasteiger partial charge in [-0.25, -0.2) is 12.8 Å². The van der Waals surface area contributed by atoms with Crippen LogP contribution in [0.5, 0.6) is 0 Å². The largest absolute Gasteiger partial charge is 0.243 e. The monoisotopic (exact) mass is 333 g/mol. The first-order chi connectivity index (χ1) is 9.96. The lowest BCUT2D eigenvalue weighted by molar-refractivity contribution is 0.335. The number of hydrogen-bond donors (Lipinski definition) is 0. The molecule has 0 radical (unpaired) electrons. The molecule has 1 fully saturated rings. The zero-order valence-electron chi connectivity index (χ0n) is 12.2. The number of sulfonamides is 1. The maximum atomic E-state index is 13.5. The topological polar surface area (TPSA) is 37.4 Å². The number of nitrogens with zero attached hydrogens (tertiary/aromatic N) is 1. The highest BCUT2D eigenvalue weighted by atomic mass is 35.5. The first kappa shape index (κ1) is 16.7. The second-order valence-corrected chi connectivity index (χ2v) is 7.79. The molecule has 1 aromatic carbocycles. The molecule has 6 heteroatoms. The molecule has 0 heterocycles. The van der Waals surface area contributed by atoms with Crippen molar-refractivity contribution in [1.82, 2.24) is 4.31 Å². The van der Waals surface area contributed by atoms with Crippen molar-refractivity contribution in [3.63, 3.8) is 0 Å². The van der Waals surface area contributed by atoms with Gasteiger partial charge in [0.15, 0.2) is 0 Å². The zero-order chi connectivity index (χ0) is 15.5. The molecule has 0 atom stereocenters. The van der Waals surface area contributed by atoms with Gasteiger partial charge in [-0.15, -0.1) is 11.6 Å². The van der Waals surface area contributed by atoms with E-state index in [0.29, 0.717) is 5.56 Å². The van der Waals surface area contributed by atoms with Crippen LogP contribution in [0.3, 0.4) is 0 Å². The molecular formula is C15H21ClFNO2S. The maximum Gasteiger partial charge on any atom is 0.243 e. The Morgan fingerprint density at radius 3 is 2.43 bits per heavy atom. The van der Waals surface area contributed by atoms with Crippen LogP contribution >= 0.6 is 11.6 Å². The van der Waals surface area contributed by atoms with Crippen molar-refractivity contribution < 1.29 is 12.8 Å². The van der Waals surface area contributed by atoms with Crippen molar-refractivity contribution in [3.05, 3.63) is 29.6 Å². The van der Waals surface area contributed by atoms with E-state index in [0.717, 1.165) is 44.6 Å². The summed E-state index contributed by atoms with van der Waals surface area (Å²) in [5.74, 6) is -0.510. The quantitative estimate of drug-likeness (QED) is 0.619. The third kappa shape index (κ3) is 3.76. The van der Waals surface area contributed by atoms with E-state index in [4.69, 9.17) is 11.6 Å². The first-order valence-corrected chi connectivity index (χ1v) is 9.26. The fraction of sp³-hybridized carbons (Fsp3) is 0.600. The number of benzene rings is 1. The van der Waals surface area contributed by atoms with Crippen LogP contribution in [0.25, 0.3) is 0 Å². The highest BCUT2D eigenvalue weighted by Crippen LogP contribution is 2.28. The summed E-state index contributed by atoms with van der Waals surface area (Å²) >= 11 is 5.80. The van der Waals surface area contributed by atoms with Gasteiger partial charge in [-0.3, -0.25) is 0 Å². The molecule has 3 nitrogen and oxygen atoms in total. The number of halogens is 2. The summed E-state index contributed by atoms with van der Waals surface area (Å²) in [5.41, 5.74) is 0.443. The van der Waals surface area contributed by atoms with Crippen LogP contribution in [0, 0.1) is 5.82 Å². The predicted octanol–water partition coefficient (Wildman–Crippen LogP) is 3.91. The summed E-state index contributed by atoms with van der Waals surface area (Å²) in [4.78, 5) is -0.00996. The second kappa shape index (κ2) is 7.07. The molecule has 0 amide bonds. The van der Waals surface area contributed by atoms with Gasteiger partial charge in [0.05, 0.1) is 4.90 Å². The number of rotatable bonds is 4.